The van der Waals surface area contributed by atoms with E-state index in [1.54, 1.807) is 12.3 Å². The van der Waals surface area contributed by atoms with E-state index in [0.717, 1.165) is 5.56 Å². The third-order valence-electron chi connectivity index (χ3n) is 2.51. The Labute approximate surface area is 112 Å². The van der Waals surface area contributed by atoms with Crippen molar-refractivity contribution in [1.82, 2.24) is 4.98 Å². The Morgan fingerprint density at radius 2 is 2.00 bits per heavy atom. The molecule has 0 unspecified atom stereocenters. The number of halogens is 3. The van der Waals surface area contributed by atoms with E-state index in [0.29, 0.717) is 15.7 Å². The van der Waals surface area contributed by atoms with Gasteiger partial charge in [-0.25, -0.2) is 8.78 Å². The normalized spacial score (nSPS) is 10.6. The molecular formula is C13H10F2IN. The van der Waals surface area contributed by atoms with Gasteiger partial charge in [0, 0.05) is 21.8 Å². The number of hydrogen-bond acceptors (Lipinski definition) is 1. The number of alkyl halides is 1. The summed E-state index contributed by atoms with van der Waals surface area (Å²) in [6.07, 6.45) is 1.62. The first-order valence-electron chi connectivity index (χ1n) is 5.09. The zero-order valence-electron chi connectivity index (χ0n) is 9.17. The number of aromatic nitrogens is 1. The lowest BCUT2D eigenvalue weighted by Crippen LogP contribution is -1.96. The topological polar surface area (TPSA) is 12.9 Å². The quantitative estimate of drug-likeness (QED) is 0.585. The fraction of sp³-hybridized carbons (Fsp3) is 0.154. The molecule has 0 spiro atoms. The molecule has 2 rings (SSSR count). The SMILES string of the molecule is Cc1ccnc(-c2ccc(F)c(CI)c2F)c1. The van der Waals surface area contributed by atoms with Crippen LogP contribution in [-0.4, -0.2) is 4.98 Å². The van der Waals surface area contributed by atoms with Crippen molar-refractivity contribution in [2.24, 2.45) is 0 Å². The second-order valence-electron chi connectivity index (χ2n) is 3.74. The zero-order valence-corrected chi connectivity index (χ0v) is 11.3. The van der Waals surface area contributed by atoms with E-state index in [2.05, 4.69) is 4.98 Å². The molecule has 1 nitrogen and oxygen atoms in total. The van der Waals surface area contributed by atoms with Crippen molar-refractivity contribution >= 4 is 22.6 Å². The average Bonchev–Trinajstić information content (AvgIpc) is 2.29. The summed E-state index contributed by atoms with van der Waals surface area (Å²) < 4.78 is 27.7. The van der Waals surface area contributed by atoms with Crippen LogP contribution in [0.5, 0.6) is 0 Å². The van der Waals surface area contributed by atoms with Crippen LogP contribution < -0.4 is 0 Å². The molecule has 0 saturated heterocycles. The Morgan fingerprint density at radius 3 is 2.65 bits per heavy atom. The number of aryl methyl sites for hydroxylation is 1. The Bertz CT molecular complexity index is 555. The zero-order chi connectivity index (χ0) is 12.4. The first-order valence-corrected chi connectivity index (χ1v) is 6.62. The molecule has 0 amide bonds. The molecule has 0 aliphatic carbocycles. The van der Waals surface area contributed by atoms with Crippen LogP contribution in [0.1, 0.15) is 11.1 Å². The second-order valence-corrected chi connectivity index (χ2v) is 4.50. The van der Waals surface area contributed by atoms with Crippen LogP contribution >= 0.6 is 22.6 Å². The van der Waals surface area contributed by atoms with Crippen molar-refractivity contribution in [3.63, 3.8) is 0 Å². The van der Waals surface area contributed by atoms with E-state index >= 15 is 0 Å². The molecular weight excluding hydrogens is 335 g/mol. The lowest BCUT2D eigenvalue weighted by Gasteiger charge is -2.07. The minimum Gasteiger partial charge on any atom is -0.256 e. The smallest absolute Gasteiger partial charge is 0.139 e. The van der Waals surface area contributed by atoms with Crippen molar-refractivity contribution in [2.75, 3.05) is 0 Å². The van der Waals surface area contributed by atoms with Crippen molar-refractivity contribution in [3.8, 4) is 11.3 Å². The first kappa shape index (κ1) is 12.4. The maximum absolute atomic E-state index is 14.1. The van der Waals surface area contributed by atoms with Gasteiger partial charge >= 0.3 is 0 Å². The molecule has 0 radical (unpaired) electrons. The number of nitrogens with zero attached hydrogens (tertiary/aromatic N) is 1. The monoisotopic (exact) mass is 345 g/mol. The molecule has 0 atom stereocenters. The summed E-state index contributed by atoms with van der Waals surface area (Å²) >= 11 is 1.95. The Morgan fingerprint density at radius 1 is 1.24 bits per heavy atom. The van der Waals surface area contributed by atoms with Gasteiger partial charge in [-0.2, -0.15) is 0 Å². The summed E-state index contributed by atoms with van der Waals surface area (Å²) in [6, 6.07) is 6.34. The molecule has 0 saturated carbocycles. The molecule has 0 aliphatic rings. The Hall–Kier alpha value is -1.04. The molecule has 2 aromatic rings. The maximum Gasteiger partial charge on any atom is 0.139 e. The minimum atomic E-state index is -0.516. The molecule has 0 N–H and O–H groups in total. The minimum absolute atomic E-state index is 0.103. The molecule has 1 heterocycles. The summed E-state index contributed by atoms with van der Waals surface area (Å²) in [5, 5.41) is 0. The molecule has 4 heteroatoms. The van der Waals surface area contributed by atoms with E-state index in [9.17, 15) is 8.78 Å². The molecule has 0 fully saturated rings. The molecule has 1 aromatic heterocycles. The highest BCUT2D eigenvalue weighted by Crippen LogP contribution is 2.27. The van der Waals surface area contributed by atoms with E-state index < -0.39 is 11.6 Å². The van der Waals surface area contributed by atoms with Gasteiger partial charge in [0.1, 0.15) is 11.6 Å². The van der Waals surface area contributed by atoms with Crippen LogP contribution in [0.25, 0.3) is 11.3 Å². The Balaban J connectivity index is 2.61. The van der Waals surface area contributed by atoms with E-state index in [-0.39, 0.29) is 5.56 Å². The van der Waals surface area contributed by atoms with Gasteiger partial charge in [-0.1, -0.05) is 22.6 Å². The first-order chi connectivity index (χ1) is 8.13. The van der Waals surface area contributed by atoms with Crippen molar-refractivity contribution in [3.05, 3.63) is 53.2 Å². The number of pyridine rings is 1. The molecule has 1 aromatic carbocycles. The van der Waals surface area contributed by atoms with Crippen molar-refractivity contribution in [2.45, 2.75) is 11.4 Å². The highest BCUT2D eigenvalue weighted by atomic mass is 127. The molecule has 0 aliphatic heterocycles. The highest BCUT2D eigenvalue weighted by Gasteiger charge is 2.14. The van der Waals surface area contributed by atoms with Gasteiger partial charge in [-0.3, -0.25) is 4.98 Å². The summed E-state index contributed by atoms with van der Waals surface area (Å²) in [5.74, 6) is -1.02. The van der Waals surface area contributed by atoms with E-state index in [1.165, 1.54) is 12.1 Å². The fourth-order valence-electron chi connectivity index (χ4n) is 1.60. The van der Waals surface area contributed by atoms with Crippen LogP contribution in [0.15, 0.2) is 30.5 Å². The third kappa shape index (κ3) is 2.46. The second kappa shape index (κ2) is 5.08. The predicted octanol–water partition coefficient (Wildman–Crippen LogP) is 4.27. The van der Waals surface area contributed by atoms with Crippen LogP contribution in [0.2, 0.25) is 0 Å². The van der Waals surface area contributed by atoms with Gasteiger partial charge in [0.2, 0.25) is 0 Å². The molecule has 17 heavy (non-hydrogen) atoms. The van der Waals surface area contributed by atoms with Gasteiger partial charge in [0.25, 0.3) is 0 Å². The third-order valence-corrected chi connectivity index (χ3v) is 3.27. The van der Waals surface area contributed by atoms with Gasteiger partial charge in [0.05, 0.1) is 5.69 Å². The van der Waals surface area contributed by atoms with E-state index in [1.807, 2.05) is 35.6 Å². The van der Waals surface area contributed by atoms with Gasteiger partial charge in [-0.15, -0.1) is 0 Å². The largest absolute Gasteiger partial charge is 0.256 e. The van der Waals surface area contributed by atoms with Crippen LogP contribution in [0.4, 0.5) is 8.78 Å². The maximum atomic E-state index is 14.1. The fourth-order valence-corrected chi connectivity index (χ4v) is 2.30. The molecule has 88 valence electrons. The van der Waals surface area contributed by atoms with E-state index in [4.69, 9.17) is 0 Å². The van der Waals surface area contributed by atoms with Gasteiger partial charge in [-0.05, 0) is 36.8 Å². The molecule has 0 bridgehead atoms. The van der Waals surface area contributed by atoms with Crippen LogP contribution in [0, 0.1) is 18.6 Å². The van der Waals surface area contributed by atoms with Crippen LogP contribution in [-0.2, 0) is 4.43 Å². The standard InChI is InChI=1S/C13H10F2IN/c1-8-4-5-17-12(6-8)9-2-3-11(14)10(7-16)13(9)15/h2-6H,7H2,1H3. The Kier molecular flexibility index (Phi) is 3.71. The van der Waals surface area contributed by atoms with Crippen molar-refractivity contribution < 1.29 is 8.78 Å². The summed E-state index contributed by atoms with van der Waals surface area (Å²) in [4.78, 5) is 4.11. The predicted molar refractivity (Wildman–Crippen MR) is 72.1 cm³/mol. The lowest BCUT2D eigenvalue weighted by molar-refractivity contribution is 0.569. The van der Waals surface area contributed by atoms with Crippen molar-refractivity contribution in [1.29, 1.82) is 0 Å². The summed E-state index contributed by atoms with van der Waals surface area (Å²) in [5.41, 5.74) is 1.98. The summed E-state index contributed by atoms with van der Waals surface area (Å²) in [7, 11) is 0. The summed E-state index contributed by atoms with van der Waals surface area (Å²) in [6.45, 7) is 1.91. The lowest BCUT2D eigenvalue weighted by atomic mass is 10.1. The van der Waals surface area contributed by atoms with Crippen LogP contribution in [0.3, 0.4) is 0 Å². The number of benzene rings is 1. The van der Waals surface area contributed by atoms with Gasteiger partial charge < -0.3 is 0 Å². The number of rotatable bonds is 2. The average molecular weight is 345 g/mol. The van der Waals surface area contributed by atoms with Gasteiger partial charge in [0.15, 0.2) is 0 Å². The highest BCUT2D eigenvalue weighted by molar-refractivity contribution is 14.1. The number of hydrogen-bond donors (Lipinski definition) is 0.